The maximum atomic E-state index is 9.48. The summed E-state index contributed by atoms with van der Waals surface area (Å²) in [7, 11) is 0. The van der Waals surface area contributed by atoms with Crippen LogP contribution >= 0.6 is 0 Å². The van der Waals surface area contributed by atoms with Gasteiger partial charge in [0.25, 0.3) is 0 Å². The molecule has 0 aliphatic heterocycles. The number of nitrogens with two attached hydrogens (primary N) is 1. The summed E-state index contributed by atoms with van der Waals surface area (Å²) >= 11 is 0. The molecule has 0 atom stereocenters. The van der Waals surface area contributed by atoms with Crippen molar-refractivity contribution in [3.05, 3.63) is 35.7 Å². The highest BCUT2D eigenvalue weighted by Gasteiger charge is 2.07. The Morgan fingerprint density at radius 2 is 1.89 bits per heavy atom. The van der Waals surface area contributed by atoms with Crippen molar-refractivity contribution in [1.29, 1.82) is 0 Å². The van der Waals surface area contributed by atoms with E-state index in [1.54, 1.807) is 6.07 Å². The van der Waals surface area contributed by atoms with Gasteiger partial charge in [-0.1, -0.05) is 0 Å². The van der Waals surface area contributed by atoms with E-state index in [-0.39, 0.29) is 11.5 Å². The zero-order valence-electron chi connectivity index (χ0n) is 10.1. The van der Waals surface area contributed by atoms with Gasteiger partial charge in [0.2, 0.25) is 0 Å². The Kier molecular flexibility index (Phi) is 3.43. The Morgan fingerprint density at radius 1 is 1.11 bits per heavy atom. The molecule has 0 fully saturated rings. The number of nitrogens with zero attached hydrogens (tertiary/aromatic N) is 2. The lowest BCUT2D eigenvalue weighted by molar-refractivity contribution is 0.404. The number of aromatic nitrogens is 2. The molecule has 0 bridgehead atoms. The van der Waals surface area contributed by atoms with Crippen molar-refractivity contribution in [2.45, 2.75) is 13.3 Å². The van der Waals surface area contributed by atoms with Crippen LogP contribution in [0.25, 0.3) is 11.4 Å². The third-order valence-corrected chi connectivity index (χ3v) is 2.54. The first-order valence-electron chi connectivity index (χ1n) is 5.67. The van der Waals surface area contributed by atoms with Gasteiger partial charge in [-0.2, -0.15) is 0 Å². The molecule has 0 radical (unpaired) electrons. The molecule has 1 aromatic heterocycles. The highest BCUT2D eigenvalue weighted by Crippen LogP contribution is 2.29. The number of benzene rings is 1. The van der Waals surface area contributed by atoms with Crippen molar-refractivity contribution in [3.8, 4) is 22.9 Å². The van der Waals surface area contributed by atoms with Gasteiger partial charge in [-0.05, 0) is 37.7 Å². The first kappa shape index (κ1) is 12.3. The molecular weight excluding hydrogens is 230 g/mol. The van der Waals surface area contributed by atoms with Crippen LogP contribution in [0, 0.1) is 6.92 Å². The average Bonchev–Trinajstić information content (AvgIpc) is 2.32. The van der Waals surface area contributed by atoms with Crippen molar-refractivity contribution in [2.24, 2.45) is 5.73 Å². The molecule has 1 heterocycles. The molecule has 0 spiro atoms. The molecular formula is C13H15N3O2. The third kappa shape index (κ3) is 2.57. The van der Waals surface area contributed by atoms with Crippen LogP contribution in [0.4, 0.5) is 0 Å². The second-order valence-corrected chi connectivity index (χ2v) is 4.07. The Morgan fingerprint density at radius 3 is 2.56 bits per heavy atom. The topological polar surface area (TPSA) is 92.3 Å². The fourth-order valence-electron chi connectivity index (χ4n) is 1.70. The van der Waals surface area contributed by atoms with Gasteiger partial charge >= 0.3 is 0 Å². The van der Waals surface area contributed by atoms with Gasteiger partial charge in [-0.25, -0.2) is 9.97 Å². The molecule has 0 saturated carbocycles. The van der Waals surface area contributed by atoms with Gasteiger partial charge < -0.3 is 15.9 Å². The number of rotatable bonds is 3. The van der Waals surface area contributed by atoms with Crippen molar-refractivity contribution in [2.75, 3.05) is 6.54 Å². The van der Waals surface area contributed by atoms with Gasteiger partial charge in [-0.15, -0.1) is 0 Å². The molecule has 0 unspecified atom stereocenters. The summed E-state index contributed by atoms with van der Waals surface area (Å²) < 4.78 is 0. The van der Waals surface area contributed by atoms with Crippen molar-refractivity contribution < 1.29 is 10.2 Å². The summed E-state index contributed by atoms with van der Waals surface area (Å²) in [6, 6.07) is 6.40. The second kappa shape index (κ2) is 5.01. The Bertz CT molecular complexity index is 570. The number of phenols is 2. The van der Waals surface area contributed by atoms with Crippen molar-refractivity contribution >= 4 is 0 Å². The summed E-state index contributed by atoms with van der Waals surface area (Å²) in [6.07, 6.45) is 0.681. The number of hydrogen-bond donors (Lipinski definition) is 3. The Balaban J connectivity index is 2.46. The minimum Gasteiger partial charge on any atom is -0.504 e. The smallest absolute Gasteiger partial charge is 0.159 e. The summed E-state index contributed by atoms with van der Waals surface area (Å²) in [6.45, 7) is 2.40. The lowest BCUT2D eigenvalue weighted by Crippen LogP contribution is -2.06. The van der Waals surface area contributed by atoms with Gasteiger partial charge in [-0.3, -0.25) is 0 Å². The first-order chi connectivity index (χ1) is 8.60. The molecule has 0 aliphatic carbocycles. The third-order valence-electron chi connectivity index (χ3n) is 2.54. The van der Waals surface area contributed by atoms with Gasteiger partial charge in [0.05, 0.1) is 0 Å². The highest BCUT2D eigenvalue weighted by atomic mass is 16.3. The normalized spacial score (nSPS) is 10.6. The van der Waals surface area contributed by atoms with E-state index in [1.165, 1.54) is 12.1 Å². The fourth-order valence-corrected chi connectivity index (χ4v) is 1.70. The predicted octanol–water partition coefficient (Wildman–Crippen LogP) is 1.36. The van der Waals surface area contributed by atoms with Crippen LogP contribution in [-0.4, -0.2) is 26.7 Å². The van der Waals surface area contributed by atoms with E-state index in [2.05, 4.69) is 9.97 Å². The van der Waals surface area contributed by atoms with Crippen molar-refractivity contribution in [1.82, 2.24) is 9.97 Å². The Hall–Kier alpha value is -2.14. The zero-order chi connectivity index (χ0) is 13.1. The number of phenolic OH excluding ortho intramolecular Hbond substituents is 2. The molecule has 94 valence electrons. The molecule has 5 nitrogen and oxygen atoms in total. The summed E-state index contributed by atoms with van der Waals surface area (Å²) in [4.78, 5) is 8.69. The SMILES string of the molecule is Cc1cc(CCN)nc(-c2ccc(O)c(O)c2)n1. The number of aromatic hydroxyl groups is 2. The summed E-state index contributed by atoms with van der Waals surface area (Å²) in [5.74, 6) is 0.181. The lowest BCUT2D eigenvalue weighted by atomic mass is 10.1. The van der Waals surface area contributed by atoms with E-state index in [1.807, 2.05) is 13.0 Å². The van der Waals surface area contributed by atoms with Crippen LogP contribution in [0.5, 0.6) is 11.5 Å². The molecule has 0 saturated heterocycles. The van der Waals surface area contributed by atoms with E-state index in [0.29, 0.717) is 24.4 Å². The van der Waals surface area contributed by atoms with Crippen LogP contribution in [0.15, 0.2) is 24.3 Å². The summed E-state index contributed by atoms with van der Waals surface area (Å²) in [5, 5.41) is 18.8. The minimum absolute atomic E-state index is 0.159. The first-order valence-corrected chi connectivity index (χ1v) is 5.67. The highest BCUT2D eigenvalue weighted by molar-refractivity contribution is 5.60. The monoisotopic (exact) mass is 245 g/mol. The molecule has 5 heteroatoms. The van der Waals surface area contributed by atoms with Crippen LogP contribution < -0.4 is 5.73 Å². The maximum Gasteiger partial charge on any atom is 0.159 e. The van der Waals surface area contributed by atoms with E-state index >= 15 is 0 Å². The van der Waals surface area contributed by atoms with Crippen molar-refractivity contribution in [3.63, 3.8) is 0 Å². The van der Waals surface area contributed by atoms with Crippen LogP contribution in [0.1, 0.15) is 11.4 Å². The quantitative estimate of drug-likeness (QED) is 0.710. The van der Waals surface area contributed by atoms with Crippen LogP contribution in [0.2, 0.25) is 0 Å². The molecule has 0 aliphatic rings. The van der Waals surface area contributed by atoms with Gasteiger partial charge in [0, 0.05) is 23.4 Å². The standard InChI is InChI=1S/C13H15N3O2/c1-8-6-10(4-5-14)16-13(15-8)9-2-3-11(17)12(18)7-9/h2-3,6-7,17-18H,4-5,14H2,1H3. The second-order valence-electron chi connectivity index (χ2n) is 4.07. The largest absolute Gasteiger partial charge is 0.504 e. The average molecular weight is 245 g/mol. The van der Waals surface area contributed by atoms with Crippen LogP contribution in [-0.2, 0) is 6.42 Å². The lowest BCUT2D eigenvalue weighted by Gasteiger charge is -2.06. The summed E-state index contributed by atoms with van der Waals surface area (Å²) in [5.41, 5.74) is 7.88. The minimum atomic E-state index is -0.182. The number of aryl methyl sites for hydroxylation is 1. The molecule has 2 aromatic rings. The molecule has 0 amide bonds. The fraction of sp³-hybridized carbons (Fsp3) is 0.231. The molecule has 18 heavy (non-hydrogen) atoms. The van der Waals surface area contributed by atoms with Crippen LogP contribution in [0.3, 0.4) is 0 Å². The molecule has 1 aromatic carbocycles. The van der Waals surface area contributed by atoms with E-state index in [0.717, 1.165) is 11.4 Å². The molecule has 4 N–H and O–H groups in total. The zero-order valence-corrected chi connectivity index (χ0v) is 10.1. The maximum absolute atomic E-state index is 9.48. The van der Waals surface area contributed by atoms with Gasteiger partial charge in [0.1, 0.15) is 0 Å². The number of hydrogen-bond acceptors (Lipinski definition) is 5. The van der Waals surface area contributed by atoms with E-state index < -0.39 is 0 Å². The van der Waals surface area contributed by atoms with E-state index in [4.69, 9.17) is 5.73 Å². The van der Waals surface area contributed by atoms with Gasteiger partial charge in [0.15, 0.2) is 17.3 Å². The van der Waals surface area contributed by atoms with E-state index in [9.17, 15) is 10.2 Å². The molecule has 2 rings (SSSR count). The predicted molar refractivity (Wildman–Crippen MR) is 68.3 cm³/mol. The Labute approximate surface area is 105 Å².